The molecule has 0 saturated carbocycles. The molecule has 0 aliphatic heterocycles. The van der Waals surface area contributed by atoms with E-state index in [-0.39, 0.29) is 13.2 Å². The Labute approximate surface area is 78.6 Å². The number of nitrogens with zero attached hydrogens (tertiary/aromatic N) is 1. The van der Waals surface area contributed by atoms with Crippen LogP contribution in [-0.2, 0) is 0 Å². The van der Waals surface area contributed by atoms with E-state index < -0.39 is 0 Å². The molecule has 1 aromatic rings. The Kier molecular flexibility index (Phi) is 4.52. The van der Waals surface area contributed by atoms with Crippen LogP contribution in [0.2, 0.25) is 0 Å². The summed E-state index contributed by atoms with van der Waals surface area (Å²) in [7, 11) is 0. The van der Waals surface area contributed by atoms with Crippen molar-refractivity contribution in [2.24, 2.45) is 0 Å². The molecule has 0 aliphatic rings. The van der Waals surface area contributed by atoms with Crippen molar-refractivity contribution in [1.82, 2.24) is 4.98 Å². The number of hydrogen-bond acceptors (Lipinski definition) is 2. The highest BCUT2D eigenvalue weighted by atomic mass is 16.3. The third-order valence-corrected chi connectivity index (χ3v) is 1.59. The largest absolute Gasteiger partial charge is 0.506 e. The van der Waals surface area contributed by atoms with Crippen LogP contribution in [0.3, 0.4) is 0 Å². The van der Waals surface area contributed by atoms with Gasteiger partial charge in [-0.05, 0) is 24.3 Å². The van der Waals surface area contributed by atoms with Gasteiger partial charge in [-0.1, -0.05) is 26.1 Å². The Morgan fingerprint density at radius 1 is 1.62 bits per heavy atom. The van der Waals surface area contributed by atoms with Crippen LogP contribution < -0.4 is 10.6 Å². The molecular weight excluding hydrogens is 162 g/mol. The molecule has 0 bridgehead atoms. The SMILES string of the molecule is C.C=C/C(O)=c1/nccc/c1=C/C. The number of pyridine rings is 1. The van der Waals surface area contributed by atoms with Crippen LogP contribution in [0, 0.1) is 0 Å². The second-order valence-corrected chi connectivity index (χ2v) is 2.32. The van der Waals surface area contributed by atoms with Crippen LogP contribution in [0.15, 0.2) is 31.0 Å². The van der Waals surface area contributed by atoms with Gasteiger partial charge in [0.15, 0.2) is 0 Å². The average Bonchev–Trinajstić information content (AvgIpc) is 2.16. The first kappa shape index (κ1) is 11.4. The van der Waals surface area contributed by atoms with Crippen LogP contribution in [0.4, 0.5) is 0 Å². The highest BCUT2D eigenvalue weighted by molar-refractivity contribution is 5.45. The van der Waals surface area contributed by atoms with Gasteiger partial charge in [0.25, 0.3) is 0 Å². The lowest BCUT2D eigenvalue weighted by atomic mass is 10.3. The second-order valence-electron chi connectivity index (χ2n) is 2.32. The Hall–Kier alpha value is -1.57. The van der Waals surface area contributed by atoms with Crippen molar-refractivity contribution in [2.75, 3.05) is 0 Å². The third kappa shape index (κ3) is 2.44. The minimum absolute atomic E-state index is 0. The number of rotatable bonds is 1. The summed E-state index contributed by atoms with van der Waals surface area (Å²) in [5.74, 6) is 0.115. The molecule has 1 heterocycles. The maximum atomic E-state index is 9.36. The first-order valence-electron chi connectivity index (χ1n) is 3.72. The van der Waals surface area contributed by atoms with E-state index in [0.717, 1.165) is 5.22 Å². The molecule has 0 aliphatic carbocycles. The molecule has 70 valence electrons. The summed E-state index contributed by atoms with van der Waals surface area (Å²) in [5, 5.41) is 10.8. The Bertz CT molecular complexity index is 393. The Balaban J connectivity index is 0.00000144. The highest BCUT2D eigenvalue weighted by Crippen LogP contribution is 1.81. The standard InChI is InChI=1S/C10H11NO.CH4/c1-3-8-6-5-7-11-10(8)9(12)4-2;/h3-7,12H,2H2,1H3;1H4/b8-3-,10-9-;. The maximum absolute atomic E-state index is 9.36. The van der Waals surface area contributed by atoms with Crippen molar-refractivity contribution in [3.8, 4) is 0 Å². The molecular formula is C11H15NO. The van der Waals surface area contributed by atoms with Gasteiger partial charge in [-0.2, -0.15) is 0 Å². The average molecular weight is 177 g/mol. The van der Waals surface area contributed by atoms with Gasteiger partial charge in [-0.3, -0.25) is 4.98 Å². The van der Waals surface area contributed by atoms with E-state index in [1.807, 2.05) is 25.1 Å². The zero-order valence-electron chi connectivity index (χ0n) is 6.99. The number of hydrogen-bond donors (Lipinski definition) is 1. The van der Waals surface area contributed by atoms with Crippen molar-refractivity contribution in [3.05, 3.63) is 41.6 Å². The molecule has 1 N–H and O–H groups in total. The second kappa shape index (κ2) is 5.14. The molecule has 0 amide bonds. The molecule has 0 atom stereocenters. The van der Waals surface area contributed by atoms with E-state index >= 15 is 0 Å². The maximum Gasteiger partial charge on any atom is 0.141 e. The van der Waals surface area contributed by atoms with Gasteiger partial charge in [0.2, 0.25) is 0 Å². The quantitative estimate of drug-likeness (QED) is 0.702. The fourth-order valence-corrected chi connectivity index (χ4v) is 0.961. The molecule has 0 unspecified atom stereocenters. The van der Waals surface area contributed by atoms with E-state index in [0.29, 0.717) is 5.35 Å². The van der Waals surface area contributed by atoms with Gasteiger partial charge < -0.3 is 5.11 Å². The predicted molar refractivity (Wildman–Crippen MR) is 56.6 cm³/mol. The molecule has 2 nitrogen and oxygen atoms in total. The summed E-state index contributed by atoms with van der Waals surface area (Å²) in [6.45, 7) is 5.37. The molecule has 0 fully saturated rings. The van der Waals surface area contributed by atoms with Crippen LogP contribution in [0.1, 0.15) is 14.4 Å². The Morgan fingerprint density at radius 2 is 2.31 bits per heavy atom. The van der Waals surface area contributed by atoms with E-state index in [9.17, 15) is 5.11 Å². The molecule has 13 heavy (non-hydrogen) atoms. The minimum atomic E-state index is 0. The van der Waals surface area contributed by atoms with Crippen molar-refractivity contribution in [2.45, 2.75) is 14.4 Å². The molecule has 1 aromatic heterocycles. The first-order valence-corrected chi connectivity index (χ1v) is 3.72. The number of aliphatic hydroxyl groups is 1. The van der Waals surface area contributed by atoms with Gasteiger partial charge in [-0.15, -0.1) is 0 Å². The van der Waals surface area contributed by atoms with E-state index in [1.54, 1.807) is 6.20 Å². The first-order chi connectivity index (χ1) is 5.79. The zero-order chi connectivity index (χ0) is 8.97. The van der Waals surface area contributed by atoms with Gasteiger partial charge in [0.05, 0.1) is 0 Å². The molecule has 1 rings (SSSR count). The zero-order valence-corrected chi connectivity index (χ0v) is 6.99. The molecule has 2 heteroatoms. The number of aromatic nitrogens is 1. The Morgan fingerprint density at radius 3 is 2.85 bits per heavy atom. The highest BCUT2D eigenvalue weighted by Gasteiger charge is 1.89. The van der Waals surface area contributed by atoms with E-state index in [1.165, 1.54) is 6.08 Å². The summed E-state index contributed by atoms with van der Waals surface area (Å²) in [6.07, 6.45) is 4.92. The van der Waals surface area contributed by atoms with Crippen molar-refractivity contribution >= 4 is 11.8 Å². The molecule has 0 saturated heterocycles. The van der Waals surface area contributed by atoms with E-state index in [4.69, 9.17) is 0 Å². The van der Waals surface area contributed by atoms with Gasteiger partial charge in [0, 0.05) is 6.20 Å². The van der Waals surface area contributed by atoms with Crippen LogP contribution in [0.5, 0.6) is 0 Å². The molecule has 0 radical (unpaired) electrons. The predicted octanol–water partition coefficient (Wildman–Crippen LogP) is 1.37. The fourth-order valence-electron chi connectivity index (χ4n) is 0.961. The van der Waals surface area contributed by atoms with E-state index in [2.05, 4.69) is 11.6 Å². The summed E-state index contributed by atoms with van der Waals surface area (Å²) >= 11 is 0. The summed E-state index contributed by atoms with van der Waals surface area (Å²) in [5.41, 5.74) is 0. The van der Waals surface area contributed by atoms with Crippen LogP contribution in [-0.4, -0.2) is 10.1 Å². The van der Waals surface area contributed by atoms with Gasteiger partial charge >= 0.3 is 0 Å². The van der Waals surface area contributed by atoms with Crippen LogP contribution >= 0.6 is 0 Å². The minimum Gasteiger partial charge on any atom is -0.506 e. The lowest BCUT2D eigenvalue weighted by molar-refractivity contribution is 0.509. The number of aliphatic hydroxyl groups excluding tert-OH is 1. The molecule has 0 aromatic carbocycles. The molecule has 0 spiro atoms. The smallest absolute Gasteiger partial charge is 0.141 e. The lowest BCUT2D eigenvalue weighted by Gasteiger charge is -1.91. The van der Waals surface area contributed by atoms with Crippen LogP contribution in [0.25, 0.3) is 11.8 Å². The van der Waals surface area contributed by atoms with Crippen molar-refractivity contribution < 1.29 is 5.11 Å². The summed E-state index contributed by atoms with van der Waals surface area (Å²) in [4.78, 5) is 4.03. The van der Waals surface area contributed by atoms with Gasteiger partial charge in [0.1, 0.15) is 11.1 Å². The van der Waals surface area contributed by atoms with Crippen molar-refractivity contribution in [3.63, 3.8) is 0 Å². The third-order valence-electron chi connectivity index (χ3n) is 1.59. The van der Waals surface area contributed by atoms with Crippen molar-refractivity contribution in [1.29, 1.82) is 0 Å². The summed E-state index contributed by atoms with van der Waals surface area (Å²) < 4.78 is 0. The normalized spacial score (nSPS) is 13.2. The van der Waals surface area contributed by atoms with Gasteiger partial charge in [-0.25, -0.2) is 0 Å². The fraction of sp³-hybridized carbons (Fsp3) is 0.182. The monoisotopic (exact) mass is 177 g/mol. The lowest BCUT2D eigenvalue weighted by Crippen LogP contribution is -2.29. The topological polar surface area (TPSA) is 33.1 Å². The summed E-state index contributed by atoms with van der Waals surface area (Å²) in [6, 6.07) is 3.72.